The topological polar surface area (TPSA) is 69.4 Å². The first kappa shape index (κ1) is 16.6. The van der Waals surface area contributed by atoms with E-state index in [0.717, 1.165) is 12.1 Å². The zero-order valence-electron chi connectivity index (χ0n) is 12.6. The highest BCUT2D eigenvalue weighted by molar-refractivity contribution is 5.36. The molecule has 3 aromatic rings. The van der Waals surface area contributed by atoms with E-state index in [1.807, 2.05) is 0 Å². The molecule has 25 heavy (non-hydrogen) atoms. The average Bonchev–Trinajstić information content (AvgIpc) is 3.02. The number of ether oxygens (including phenoxy) is 2. The van der Waals surface area contributed by atoms with Gasteiger partial charge in [-0.25, -0.2) is 4.68 Å². The summed E-state index contributed by atoms with van der Waals surface area (Å²) in [5.41, 5.74) is 1.24. The lowest BCUT2D eigenvalue weighted by molar-refractivity contribution is -0.274. The molecule has 0 aliphatic carbocycles. The Kier molecular flexibility index (Phi) is 4.46. The summed E-state index contributed by atoms with van der Waals surface area (Å²) in [5.74, 6) is 0.192. The summed E-state index contributed by atoms with van der Waals surface area (Å²) < 4.78 is 47.0. The molecule has 1 heterocycles. The van der Waals surface area contributed by atoms with Crippen molar-refractivity contribution in [3.8, 4) is 22.9 Å². The Balaban J connectivity index is 1.59. The maximum Gasteiger partial charge on any atom is 0.573 e. The van der Waals surface area contributed by atoms with E-state index in [4.69, 9.17) is 4.74 Å². The molecule has 2 aromatic carbocycles. The van der Waals surface area contributed by atoms with E-state index in [9.17, 15) is 18.3 Å². The van der Waals surface area contributed by atoms with Gasteiger partial charge in [-0.05, 0) is 48.5 Å². The summed E-state index contributed by atoms with van der Waals surface area (Å²) in [6.45, 7) is 0.0948. The number of phenolic OH excluding ortho intramolecular Hbond substituents is 1. The van der Waals surface area contributed by atoms with Crippen molar-refractivity contribution in [1.82, 2.24) is 15.0 Å². The van der Waals surface area contributed by atoms with Gasteiger partial charge in [-0.3, -0.25) is 0 Å². The molecule has 0 aliphatic heterocycles. The van der Waals surface area contributed by atoms with Crippen molar-refractivity contribution in [1.29, 1.82) is 0 Å². The fourth-order valence-electron chi connectivity index (χ4n) is 1.99. The number of benzene rings is 2. The van der Waals surface area contributed by atoms with Crippen LogP contribution in [0.1, 0.15) is 5.69 Å². The van der Waals surface area contributed by atoms with Gasteiger partial charge >= 0.3 is 6.36 Å². The average molecular weight is 351 g/mol. The zero-order chi connectivity index (χ0) is 17.9. The van der Waals surface area contributed by atoms with Crippen molar-refractivity contribution >= 4 is 0 Å². The van der Waals surface area contributed by atoms with Crippen LogP contribution in [0.4, 0.5) is 13.2 Å². The Labute approximate surface area is 140 Å². The van der Waals surface area contributed by atoms with Crippen molar-refractivity contribution < 1.29 is 27.8 Å². The van der Waals surface area contributed by atoms with Gasteiger partial charge in [0.1, 0.15) is 29.5 Å². The van der Waals surface area contributed by atoms with Crippen LogP contribution in [0.15, 0.2) is 54.7 Å². The Hall–Kier alpha value is -3.23. The van der Waals surface area contributed by atoms with Gasteiger partial charge in [-0.1, -0.05) is 5.21 Å². The van der Waals surface area contributed by atoms with Crippen LogP contribution in [0.3, 0.4) is 0 Å². The number of rotatable bonds is 5. The number of alkyl halides is 3. The fraction of sp³-hybridized carbons (Fsp3) is 0.125. The van der Waals surface area contributed by atoms with Gasteiger partial charge in [-0.15, -0.1) is 18.3 Å². The molecule has 0 unspecified atom stereocenters. The molecule has 0 saturated carbocycles. The standard InChI is InChI=1S/C16H12F3N3O3/c17-16(18,19)25-15-7-5-14(6-8-15)24-10-11-9-22(21-20-11)12-1-3-13(23)4-2-12/h1-9,23H,10H2. The van der Waals surface area contributed by atoms with Crippen LogP contribution in [0.5, 0.6) is 17.2 Å². The number of aromatic hydroxyl groups is 1. The number of hydrogen-bond acceptors (Lipinski definition) is 5. The van der Waals surface area contributed by atoms with E-state index < -0.39 is 6.36 Å². The smallest absolute Gasteiger partial charge is 0.508 e. The predicted molar refractivity (Wildman–Crippen MR) is 80.5 cm³/mol. The molecule has 0 fully saturated rings. The summed E-state index contributed by atoms with van der Waals surface area (Å²) in [4.78, 5) is 0. The molecule has 3 rings (SSSR count). The SMILES string of the molecule is Oc1ccc(-n2cc(COc3ccc(OC(F)(F)F)cc3)nn2)cc1. The highest BCUT2D eigenvalue weighted by atomic mass is 19.4. The molecule has 1 N–H and O–H groups in total. The van der Waals surface area contributed by atoms with Crippen LogP contribution < -0.4 is 9.47 Å². The Morgan fingerprint density at radius 2 is 1.60 bits per heavy atom. The number of hydrogen-bond donors (Lipinski definition) is 1. The fourth-order valence-corrected chi connectivity index (χ4v) is 1.99. The lowest BCUT2D eigenvalue weighted by Crippen LogP contribution is -2.16. The number of phenols is 1. The van der Waals surface area contributed by atoms with E-state index in [2.05, 4.69) is 15.0 Å². The predicted octanol–water partition coefficient (Wildman–Crippen LogP) is 3.45. The van der Waals surface area contributed by atoms with E-state index in [1.54, 1.807) is 18.3 Å². The first-order valence-electron chi connectivity index (χ1n) is 7.08. The minimum atomic E-state index is -4.73. The van der Waals surface area contributed by atoms with Gasteiger partial charge in [0.25, 0.3) is 0 Å². The molecule has 0 saturated heterocycles. The third-order valence-electron chi connectivity index (χ3n) is 3.10. The number of nitrogens with zero attached hydrogens (tertiary/aromatic N) is 3. The lowest BCUT2D eigenvalue weighted by atomic mass is 10.3. The molecule has 0 spiro atoms. The molecule has 0 aliphatic rings. The highest BCUT2D eigenvalue weighted by Crippen LogP contribution is 2.25. The minimum absolute atomic E-state index is 0.0948. The third-order valence-corrected chi connectivity index (χ3v) is 3.10. The van der Waals surface area contributed by atoms with E-state index >= 15 is 0 Å². The first-order valence-corrected chi connectivity index (χ1v) is 7.08. The Bertz CT molecular complexity index is 830. The van der Waals surface area contributed by atoms with Crippen LogP contribution in [0.2, 0.25) is 0 Å². The second-order valence-electron chi connectivity index (χ2n) is 4.98. The summed E-state index contributed by atoms with van der Waals surface area (Å²) in [5, 5.41) is 17.2. The van der Waals surface area contributed by atoms with Crippen LogP contribution in [0.25, 0.3) is 5.69 Å². The number of halogens is 3. The molecule has 0 amide bonds. The van der Waals surface area contributed by atoms with Crippen molar-refractivity contribution in [2.24, 2.45) is 0 Å². The zero-order valence-corrected chi connectivity index (χ0v) is 12.6. The molecule has 0 bridgehead atoms. The van der Waals surface area contributed by atoms with Crippen molar-refractivity contribution in [3.63, 3.8) is 0 Å². The van der Waals surface area contributed by atoms with Crippen LogP contribution >= 0.6 is 0 Å². The largest absolute Gasteiger partial charge is 0.573 e. The van der Waals surface area contributed by atoms with E-state index in [0.29, 0.717) is 17.1 Å². The second kappa shape index (κ2) is 6.71. The lowest BCUT2D eigenvalue weighted by Gasteiger charge is -2.09. The minimum Gasteiger partial charge on any atom is -0.508 e. The summed E-state index contributed by atoms with van der Waals surface area (Å²) >= 11 is 0. The van der Waals surface area contributed by atoms with Gasteiger partial charge < -0.3 is 14.6 Å². The molecule has 1 aromatic heterocycles. The molecular weight excluding hydrogens is 339 g/mol. The molecule has 0 atom stereocenters. The van der Waals surface area contributed by atoms with Crippen molar-refractivity contribution in [2.75, 3.05) is 0 Å². The monoisotopic (exact) mass is 351 g/mol. The van der Waals surface area contributed by atoms with Gasteiger partial charge in [-0.2, -0.15) is 0 Å². The Morgan fingerprint density at radius 3 is 2.24 bits per heavy atom. The molecule has 0 radical (unpaired) electrons. The van der Waals surface area contributed by atoms with Crippen molar-refractivity contribution in [2.45, 2.75) is 13.0 Å². The van der Waals surface area contributed by atoms with E-state index in [-0.39, 0.29) is 18.1 Å². The van der Waals surface area contributed by atoms with Crippen LogP contribution in [0, 0.1) is 0 Å². The highest BCUT2D eigenvalue weighted by Gasteiger charge is 2.30. The van der Waals surface area contributed by atoms with Gasteiger partial charge in [0.15, 0.2) is 0 Å². The molecule has 9 heteroatoms. The van der Waals surface area contributed by atoms with Crippen LogP contribution in [-0.4, -0.2) is 26.5 Å². The molecule has 130 valence electrons. The summed E-state index contributed by atoms with van der Waals surface area (Å²) in [7, 11) is 0. The summed E-state index contributed by atoms with van der Waals surface area (Å²) in [6, 6.07) is 11.5. The Morgan fingerprint density at radius 1 is 0.960 bits per heavy atom. The first-order chi connectivity index (χ1) is 11.9. The second-order valence-corrected chi connectivity index (χ2v) is 4.98. The molecular formula is C16H12F3N3O3. The van der Waals surface area contributed by atoms with Gasteiger partial charge in [0.2, 0.25) is 0 Å². The summed E-state index contributed by atoms with van der Waals surface area (Å²) in [6.07, 6.45) is -3.08. The van der Waals surface area contributed by atoms with Crippen molar-refractivity contribution in [3.05, 3.63) is 60.4 Å². The van der Waals surface area contributed by atoms with Gasteiger partial charge in [0.05, 0.1) is 11.9 Å². The normalized spacial score (nSPS) is 11.3. The quantitative estimate of drug-likeness (QED) is 0.762. The maximum absolute atomic E-state index is 12.1. The van der Waals surface area contributed by atoms with Crippen LogP contribution in [-0.2, 0) is 6.61 Å². The van der Waals surface area contributed by atoms with Gasteiger partial charge in [0, 0.05) is 0 Å². The number of aromatic nitrogens is 3. The maximum atomic E-state index is 12.1. The molecule has 6 nitrogen and oxygen atoms in total. The van der Waals surface area contributed by atoms with E-state index in [1.165, 1.54) is 28.9 Å². The third kappa shape index (κ3) is 4.63.